The van der Waals surface area contributed by atoms with Crippen LogP contribution in [-0.2, 0) is 17.8 Å². The van der Waals surface area contributed by atoms with Gasteiger partial charge in [-0.3, -0.25) is 4.79 Å². The van der Waals surface area contributed by atoms with Crippen LogP contribution >= 0.6 is 12.4 Å². The number of nitrogens with zero attached hydrogens (tertiary/aromatic N) is 1. The van der Waals surface area contributed by atoms with Crippen molar-refractivity contribution in [3.8, 4) is 5.75 Å². The van der Waals surface area contributed by atoms with E-state index in [0.29, 0.717) is 13.1 Å². The summed E-state index contributed by atoms with van der Waals surface area (Å²) in [6.45, 7) is 1.90. The van der Waals surface area contributed by atoms with Gasteiger partial charge in [0, 0.05) is 13.1 Å². The summed E-state index contributed by atoms with van der Waals surface area (Å²) >= 11 is 0. The first-order valence-corrected chi connectivity index (χ1v) is 5.82. The van der Waals surface area contributed by atoms with Crippen LogP contribution in [0, 0.1) is 0 Å². The molecular weight excluding hydrogens is 252 g/mol. The molecule has 18 heavy (non-hydrogen) atoms. The van der Waals surface area contributed by atoms with Crippen molar-refractivity contribution in [3.63, 3.8) is 0 Å². The average molecular weight is 271 g/mol. The van der Waals surface area contributed by atoms with Crippen molar-refractivity contribution in [1.82, 2.24) is 10.2 Å². The molecule has 1 aliphatic heterocycles. The Morgan fingerprint density at radius 2 is 2.22 bits per heavy atom. The molecule has 0 unspecified atom stereocenters. The molecule has 0 atom stereocenters. The van der Waals surface area contributed by atoms with Gasteiger partial charge in [-0.2, -0.15) is 0 Å². The minimum Gasteiger partial charge on any atom is -0.497 e. The van der Waals surface area contributed by atoms with Crippen molar-refractivity contribution in [1.29, 1.82) is 0 Å². The molecule has 0 aliphatic carbocycles. The van der Waals surface area contributed by atoms with Gasteiger partial charge in [0.25, 0.3) is 0 Å². The first-order valence-electron chi connectivity index (χ1n) is 5.82. The number of methoxy groups -OCH3 is 1. The highest BCUT2D eigenvalue weighted by molar-refractivity contribution is 5.85. The Hall–Kier alpha value is -1.26. The molecule has 0 bridgehead atoms. The molecule has 1 aliphatic rings. The number of likely N-dealkylation sites (N-methyl/N-ethyl adjacent to an activating group) is 1. The lowest BCUT2D eigenvalue weighted by Crippen LogP contribution is -2.40. The van der Waals surface area contributed by atoms with Gasteiger partial charge in [0.15, 0.2) is 0 Å². The molecule has 0 saturated heterocycles. The average Bonchev–Trinajstić information content (AvgIpc) is 2.37. The van der Waals surface area contributed by atoms with Gasteiger partial charge in [-0.25, -0.2) is 0 Å². The van der Waals surface area contributed by atoms with E-state index in [2.05, 4.69) is 11.4 Å². The summed E-state index contributed by atoms with van der Waals surface area (Å²) in [5.74, 6) is 1.01. The van der Waals surface area contributed by atoms with Gasteiger partial charge in [-0.1, -0.05) is 6.07 Å². The first-order chi connectivity index (χ1) is 8.24. The minimum absolute atomic E-state index is 0. The van der Waals surface area contributed by atoms with Crippen molar-refractivity contribution in [3.05, 3.63) is 29.3 Å². The van der Waals surface area contributed by atoms with Crippen LogP contribution < -0.4 is 10.1 Å². The van der Waals surface area contributed by atoms with Crippen molar-refractivity contribution < 1.29 is 9.53 Å². The first kappa shape index (κ1) is 14.8. The lowest BCUT2D eigenvalue weighted by atomic mass is 9.99. The zero-order chi connectivity index (χ0) is 12.3. The van der Waals surface area contributed by atoms with Gasteiger partial charge < -0.3 is 15.0 Å². The van der Waals surface area contributed by atoms with Crippen LogP contribution in [0.2, 0.25) is 0 Å². The van der Waals surface area contributed by atoms with Crippen LogP contribution in [0.5, 0.6) is 5.75 Å². The highest BCUT2D eigenvalue weighted by Crippen LogP contribution is 2.23. The van der Waals surface area contributed by atoms with E-state index in [0.717, 1.165) is 18.7 Å². The van der Waals surface area contributed by atoms with E-state index >= 15 is 0 Å². The lowest BCUT2D eigenvalue weighted by molar-refractivity contribution is -0.131. The van der Waals surface area contributed by atoms with Gasteiger partial charge in [-0.15, -0.1) is 12.4 Å². The van der Waals surface area contributed by atoms with Crippen molar-refractivity contribution in [2.75, 3.05) is 27.2 Å². The fraction of sp³-hybridized carbons (Fsp3) is 0.462. The lowest BCUT2D eigenvalue weighted by Gasteiger charge is -2.29. The van der Waals surface area contributed by atoms with Crippen LogP contribution in [0.25, 0.3) is 0 Å². The van der Waals surface area contributed by atoms with Gasteiger partial charge in [0.1, 0.15) is 5.75 Å². The number of rotatable bonds is 3. The molecule has 100 valence electrons. The van der Waals surface area contributed by atoms with Gasteiger partial charge >= 0.3 is 0 Å². The Bertz CT molecular complexity index is 423. The number of carbonyl (C=O) groups excluding carboxylic acids is 1. The highest BCUT2D eigenvalue weighted by Gasteiger charge is 2.20. The van der Waals surface area contributed by atoms with Crippen molar-refractivity contribution in [2.45, 2.75) is 13.0 Å². The summed E-state index contributed by atoms with van der Waals surface area (Å²) in [4.78, 5) is 13.7. The molecule has 0 radical (unpaired) electrons. The summed E-state index contributed by atoms with van der Waals surface area (Å²) in [6.07, 6.45) is 0.925. The molecule has 5 heteroatoms. The van der Waals surface area contributed by atoms with Crippen molar-refractivity contribution >= 4 is 18.3 Å². The number of amides is 1. The van der Waals surface area contributed by atoms with Crippen LogP contribution in [0.4, 0.5) is 0 Å². The Balaban J connectivity index is 0.00000162. The van der Waals surface area contributed by atoms with E-state index in [9.17, 15) is 4.79 Å². The van der Waals surface area contributed by atoms with Gasteiger partial charge in [0.2, 0.25) is 5.91 Å². The van der Waals surface area contributed by atoms with Crippen LogP contribution in [0.15, 0.2) is 18.2 Å². The van der Waals surface area contributed by atoms with E-state index in [1.807, 2.05) is 17.0 Å². The van der Waals surface area contributed by atoms with E-state index in [4.69, 9.17) is 4.74 Å². The smallest absolute Gasteiger partial charge is 0.236 e. The fourth-order valence-corrected chi connectivity index (χ4v) is 2.14. The number of halogens is 1. The maximum Gasteiger partial charge on any atom is 0.236 e. The van der Waals surface area contributed by atoms with E-state index in [-0.39, 0.29) is 18.3 Å². The molecule has 4 nitrogen and oxygen atoms in total. The number of carbonyl (C=O) groups is 1. The van der Waals surface area contributed by atoms with Crippen LogP contribution in [-0.4, -0.2) is 38.1 Å². The number of hydrogen-bond acceptors (Lipinski definition) is 3. The zero-order valence-corrected chi connectivity index (χ0v) is 11.5. The third-order valence-corrected chi connectivity index (χ3v) is 3.11. The monoisotopic (exact) mass is 270 g/mol. The number of ether oxygens (including phenoxy) is 1. The molecule has 1 aromatic rings. The van der Waals surface area contributed by atoms with E-state index in [1.165, 1.54) is 11.1 Å². The van der Waals surface area contributed by atoms with Gasteiger partial charge in [-0.05, 0) is 36.7 Å². The third kappa shape index (κ3) is 3.15. The summed E-state index contributed by atoms with van der Waals surface area (Å²) < 4.78 is 5.21. The molecule has 1 heterocycles. The highest BCUT2D eigenvalue weighted by atomic mass is 35.5. The quantitative estimate of drug-likeness (QED) is 0.898. The largest absolute Gasteiger partial charge is 0.497 e. The van der Waals surface area contributed by atoms with Crippen LogP contribution in [0.1, 0.15) is 11.1 Å². The number of benzene rings is 1. The summed E-state index contributed by atoms with van der Waals surface area (Å²) in [6, 6.07) is 6.09. The SMILES string of the molecule is CNCC(=O)N1CCc2ccc(OC)cc2C1.Cl. The van der Waals surface area contributed by atoms with E-state index in [1.54, 1.807) is 14.2 Å². The molecular formula is C13H19ClN2O2. The summed E-state index contributed by atoms with van der Waals surface area (Å²) in [5, 5.41) is 2.90. The Labute approximate surface area is 114 Å². The normalized spacial score (nSPS) is 13.6. The maximum absolute atomic E-state index is 11.8. The topological polar surface area (TPSA) is 41.6 Å². The molecule has 1 amide bonds. The Morgan fingerprint density at radius 3 is 2.89 bits per heavy atom. The van der Waals surface area contributed by atoms with E-state index < -0.39 is 0 Å². The Kier molecular flexibility index (Phi) is 5.44. The maximum atomic E-state index is 11.8. The third-order valence-electron chi connectivity index (χ3n) is 3.11. The molecule has 1 N–H and O–H groups in total. The predicted octanol–water partition coefficient (Wildman–Crippen LogP) is 1.22. The minimum atomic E-state index is 0. The second-order valence-electron chi connectivity index (χ2n) is 4.23. The number of nitrogens with one attached hydrogen (secondary N) is 1. The second kappa shape index (κ2) is 6.61. The second-order valence-corrected chi connectivity index (χ2v) is 4.23. The number of fused-ring (bicyclic) bond motifs is 1. The summed E-state index contributed by atoms with van der Waals surface area (Å²) in [7, 11) is 3.45. The Morgan fingerprint density at radius 1 is 1.44 bits per heavy atom. The predicted molar refractivity (Wildman–Crippen MR) is 73.3 cm³/mol. The fourth-order valence-electron chi connectivity index (χ4n) is 2.14. The molecule has 0 spiro atoms. The molecule has 0 fully saturated rings. The van der Waals surface area contributed by atoms with Gasteiger partial charge in [0.05, 0.1) is 13.7 Å². The number of hydrogen-bond donors (Lipinski definition) is 1. The molecule has 1 aromatic carbocycles. The zero-order valence-electron chi connectivity index (χ0n) is 10.7. The molecule has 2 rings (SSSR count). The standard InChI is InChI=1S/C13H18N2O2.ClH/c1-14-8-13(16)15-6-5-10-3-4-12(17-2)7-11(10)9-15;/h3-4,7,14H,5-6,8-9H2,1-2H3;1H. The molecule has 0 aromatic heterocycles. The van der Waals surface area contributed by atoms with Crippen LogP contribution in [0.3, 0.4) is 0 Å². The van der Waals surface area contributed by atoms with Crippen molar-refractivity contribution in [2.24, 2.45) is 0 Å². The summed E-state index contributed by atoms with van der Waals surface area (Å²) in [5.41, 5.74) is 2.51. The molecule has 0 saturated carbocycles.